The van der Waals surface area contributed by atoms with Crippen LogP contribution >= 0.6 is 27.5 Å². The van der Waals surface area contributed by atoms with Crippen LogP contribution in [0.4, 0.5) is 0 Å². The van der Waals surface area contributed by atoms with E-state index in [1.165, 1.54) is 6.20 Å². The maximum atomic E-state index is 8.43. The molecule has 0 aromatic carbocycles. The minimum Gasteiger partial charge on any atom is -0.244 e. The minimum absolute atomic E-state index is 0.246. The van der Waals surface area contributed by atoms with E-state index < -0.39 is 0 Å². The highest BCUT2D eigenvalue weighted by molar-refractivity contribution is 9.10. The number of pyridine rings is 1. The summed E-state index contributed by atoms with van der Waals surface area (Å²) >= 11 is 8.83. The van der Waals surface area contributed by atoms with Crippen LogP contribution in [-0.2, 0) is 0 Å². The molecular formula is C6H2BrClN2. The highest BCUT2D eigenvalue weighted by Gasteiger charge is 2.02. The van der Waals surface area contributed by atoms with Gasteiger partial charge in [0.05, 0.1) is 5.02 Å². The Morgan fingerprint density at radius 1 is 1.70 bits per heavy atom. The summed E-state index contributed by atoms with van der Waals surface area (Å²) in [7, 11) is 0. The number of halogens is 2. The van der Waals surface area contributed by atoms with Crippen molar-refractivity contribution in [1.29, 1.82) is 5.26 Å². The summed E-state index contributed by atoms with van der Waals surface area (Å²) in [6.45, 7) is 0. The fourth-order valence-corrected chi connectivity index (χ4v) is 0.958. The van der Waals surface area contributed by atoms with Gasteiger partial charge in [-0.2, -0.15) is 5.26 Å². The van der Waals surface area contributed by atoms with Crippen LogP contribution in [0.1, 0.15) is 5.69 Å². The van der Waals surface area contributed by atoms with Gasteiger partial charge in [0.1, 0.15) is 6.07 Å². The Kier molecular flexibility index (Phi) is 2.25. The molecule has 0 bridgehead atoms. The molecule has 50 valence electrons. The smallest absolute Gasteiger partial charge is 0.160 e. The highest BCUT2D eigenvalue weighted by Crippen LogP contribution is 2.23. The van der Waals surface area contributed by atoms with Gasteiger partial charge in [-0.1, -0.05) is 11.6 Å². The zero-order chi connectivity index (χ0) is 7.56. The van der Waals surface area contributed by atoms with Crippen LogP contribution in [0.15, 0.2) is 16.7 Å². The maximum absolute atomic E-state index is 8.43. The standard InChI is InChI=1S/C6H2BrClN2/c7-4-1-2-10-5(3-9)6(4)8/h1-2H. The van der Waals surface area contributed by atoms with Gasteiger partial charge in [-0.05, 0) is 22.0 Å². The Balaban J connectivity index is 3.31. The highest BCUT2D eigenvalue weighted by atomic mass is 79.9. The van der Waals surface area contributed by atoms with Gasteiger partial charge in [-0.25, -0.2) is 4.98 Å². The molecule has 0 saturated heterocycles. The molecule has 0 spiro atoms. The molecule has 1 rings (SSSR count). The first-order chi connectivity index (χ1) is 4.75. The summed E-state index contributed by atoms with van der Waals surface area (Å²) in [4.78, 5) is 3.73. The summed E-state index contributed by atoms with van der Waals surface area (Å²) in [6, 6.07) is 3.55. The van der Waals surface area contributed by atoms with Gasteiger partial charge < -0.3 is 0 Å². The van der Waals surface area contributed by atoms with Crippen molar-refractivity contribution in [2.45, 2.75) is 0 Å². The average molecular weight is 217 g/mol. The molecule has 0 atom stereocenters. The zero-order valence-electron chi connectivity index (χ0n) is 4.81. The first-order valence-electron chi connectivity index (χ1n) is 2.46. The molecule has 2 nitrogen and oxygen atoms in total. The molecule has 0 fully saturated rings. The van der Waals surface area contributed by atoms with Gasteiger partial charge >= 0.3 is 0 Å². The van der Waals surface area contributed by atoms with E-state index in [1.807, 2.05) is 6.07 Å². The molecule has 0 amide bonds. The quantitative estimate of drug-likeness (QED) is 0.669. The van der Waals surface area contributed by atoms with Crippen LogP contribution in [-0.4, -0.2) is 4.98 Å². The lowest BCUT2D eigenvalue weighted by Crippen LogP contribution is -1.82. The number of aromatic nitrogens is 1. The summed E-state index contributed by atoms with van der Waals surface area (Å²) in [5, 5.41) is 8.79. The molecule has 0 aliphatic carbocycles. The fraction of sp³-hybridized carbons (Fsp3) is 0. The maximum Gasteiger partial charge on any atom is 0.160 e. The summed E-state index contributed by atoms with van der Waals surface area (Å²) in [5.74, 6) is 0. The predicted octanol–water partition coefficient (Wildman–Crippen LogP) is 2.37. The zero-order valence-corrected chi connectivity index (χ0v) is 7.15. The Labute approximate surface area is 71.6 Å². The molecule has 1 heterocycles. The van der Waals surface area contributed by atoms with E-state index in [0.29, 0.717) is 9.50 Å². The third-order valence-corrected chi connectivity index (χ3v) is 2.22. The van der Waals surface area contributed by atoms with Gasteiger partial charge in [-0.15, -0.1) is 0 Å². The summed E-state index contributed by atoms with van der Waals surface area (Å²) < 4.78 is 0.695. The third kappa shape index (κ3) is 1.28. The lowest BCUT2D eigenvalue weighted by Gasteiger charge is -1.93. The predicted molar refractivity (Wildman–Crippen MR) is 41.7 cm³/mol. The lowest BCUT2D eigenvalue weighted by atomic mass is 10.4. The first kappa shape index (κ1) is 7.52. The van der Waals surface area contributed by atoms with E-state index in [4.69, 9.17) is 16.9 Å². The van der Waals surface area contributed by atoms with Crippen molar-refractivity contribution in [3.63, 3.8) is 0 Å². The van der Waals surface area contributed by atoms with Gasteiger partial charge in [0, 0.05) is 10.7 Å². The normalized spacial score (nSPS) is 8.90. The molecule has 0 radical (unpaired) electrons. The Morgan fingerprint density at radius 3 is 2.90 bits per heavy atom. The molecule has 1 aromatic rings. The Morgan fingerprint density at radius 2 is 2.40 bits per heavy atom. The van der Waals surface area contributed by atoms with Gasteiger partial charge in [-0.3, -0.25) is 0 Å². The van der Waals surface area contributed by atoms with Crippen molar-refractivity contribution < 1.29 is 0 Å². The second kappa shape index (κ2) is 3.00. The van der Waals surface area contributed by atoms with E-state index in [0.717, 1.165) is 0 Å². The van der Waals surface area contributed by atoms with Gasteiger partial charge in [0.15, 0.2) is 5.69 Å². The lowest BCUT2D eigenvalue weighted by molar-refractivity contribution is 1.25. The molecule has 10 heavy (non-hydrogen) atoms. The van der Waals surface area contributed by atoms with E-state index in [1.54, 1.807) is 6.07 Å². The van der Waals surface area contributed by atoms with Crippen LogP contribution in [0.5, 0.6) is 0 Å². The fourth-order valence-electron chi connectivity index (χ4n) is 0.498. The minimum atomic E-state index is 0.246. The largest absolute Gasteiger partial charge is 0.244 e. The molecule has 0 aliphatic rings. The number of nitriles is 1. The van der Waals surface area contributed by atoms with Crippen molar-refractivity contribution in [2.75, 3.05) is 0 Å². The topological polar surface area (TPSA) is 36.7 Å². The second-order valence-electron chi connectivity index (χ2n) is 1.57. The number of rotatable bonds is 0. The number of hydrogen-bond donors (Lipinski definition) is 0. The van der Waals surface area contributed by atoms with Crippen molar-refractivity contribution >= 4 is 27.5 Å². The van der Waals surface area contributed by atoms with Crippen LogP contribution in [0, 0.1) is 11.3 Å². The van der Waals surface area contributed by atoms with Crippen LogP contribution in [0.3, 0.4) is 0 Å². The van der Waals surface area contributed by atoms with Crippen LogP contribution in [0.2, 0.25) is 5.02 Å². The Hall–Kier alpha value is -0.590. The molecule has 1 aromatic heterocycles. The number of hydrogen-bond acceptors (Lipinski definition) is 2. The van der Waals surface area contributed by atoms with Gasteiger partial charge in [0.2, 0.25) is 0 Å². The summed E-state index contributed by atoms with van der Waals surface area (Å²) in [5.41, 5.74) is 0.246. The van der Waals surface area contributed by atoms with Gasteiger partial charge in [0.25, 0.3) is 0 Å². The number of nitrogens with zero attached hydrogens (tertiary/aromatic N) is 2. The first-order valence-corrected chi connectivity index (χ1v) is 3.63. The van der Waals surface area contributed by atoms with Crippen molar-refractivity contribution in [1.82, 2.24) is 4.98 Å². The molecule has 0 aliphatic heterocycles. The summed E-state index contributed by atoms with van der Waals surface area (Å²) in [6.07, 6.45) is 1.52. The average Bonchev–Trinajstić information content (AvgIpc) is 1.95. The Bertz CT molecular complexity index is 292. The van der Waals surface area contributed by atoms with E-state index >= 15 is 0 Å². The van der Waals surface area contributed by atoms with Crippen molar-refractivity contribution in [2.24, 2.45) is 0 Å². The van der Waals surface area contributed by atoms with Crippen molar-refractivity contribution in [3.05, 3.63) is 27.5 Å². The molecule has 4 heteroatoms. The van der Waals surface area contributed by atoms with E-state index in [2.05, 4.69) is 20.9 Å². The molecule has 0 saturated carbocycles. The molecule has 0 unspecified atom stereocenters. The molecule has 0 N–H and O–H groups in total. The van der Waals surface area contributed by atoms with Crippen LogP contribution < -0.4 is 0 Å². The van der Waals surface area contributed by atoms with Crippen LogP contribution in [0.25, 0.3) is 0 Å². The van der Waals surface area contributed by atoms with E-state index in [-0.39, 0.29) is 5.69 Å². The monoisotopic (exact) mass is 216 g/mol. The SMILES string of the molecule is N#Cc1nccc(Br)c1Cl. The van der Waals surface area contributed by atoms with E-state index in [9.17, 15) is 0 Å². The molecular weight excluding hydrogens is 215 g/mol. The third-order valence-electron chi connectivity index (χ3n) is 0.948. The van der Waals surface area contributed by atoms with Crippen molar-refractivity contribution in [3.8, 4) is 6.07 Å². The second-order valence-corrected chi connectivity index (χ2v) is 2.80.